The molecule has 2 heterocycles. The Morgan fingerprint density at radius 2 is 2.10 bits per heavy atom. The van der Waals surface area contributed by atoms with Crippen molar-refractivity contribution < 1.29 is 0 Å². The van der Waals surface area contributed by atoms with Crippen molar-refractivity contribution in [1.29, 1.82) is 0 Å². The number of aromatic nitrogens is 4. The monoisotopic (exact) mass is 281 g/mol. The summed E-state index contributed by atoms with van der Waals surface area (Å²) in [7, 11) is 0. The summed E-state index contributed by atoms with van der Waals surface area (Å²) in [5, 5.41) is 8.22. The molecule has 0 saturated heterocycles. The van der Waals surface area contributed by atoms with Gasteiger partial charge < -0.3 is 10.3 Å². The molecule has 4 rings (SSSR count). The van der Waals surface area contributed by atoms with Gasteiger partial charge in [0, 0.05) is 23.8 Å². The molecule has 0 unspecified atom stereocenters. The van der Waals surface area contributed by atoms with Gasteiger partial charge in [-0.05, 0) is 38.8 Å². The molecule has 21 heavy (non-hydrogen) atoms. The number of H-pyrrole nitrogens is 1. The molecular formula is C16H19N5. The van der Waals surface area contributed by atoms with Crippen LogP contribution in [0.15, 0.2) is 24.3 Å². The first-order chi connectivity index (χ1) is 10.2. The predicted octanol–water partition coefficient (Wildman–Crippen LogP) is 2.62. The van der Waals surface area contributed by atoms with Crippen LogP contribution in [0.5, 0.6) is 0 Å². The molecule has 1 saturated carbocycles. The Kier molecular flexibility index (Phi) is 2.82. The van der Waals surface area contributed by atoms with E-state index in [1.54, 1.807) is 0 Å². The van der Waals surface area contributed by atoms with Crippen LogP contribution in [0.1, 0.15) is 29.8 Å². The minimum Gasteiger partial charge on any atom is -0.322 e. The fourth-order valence-corrected chi connectivity index (χ4v) is 2.71. The summed E-state index contributed by atoms with van der Waals surface area (Å²) in [6.07, 6.45) is 2.60. The van der Waals surface area contributed by atoms with Gasteiger partial charge in [0.2, 0.25) is 5.95 Å². The van der Waals surface area contributed by atoms with Crippen LogP contribution in [-0.4, -0.2) is 25.8 Å². The Balaban J connectivity index is 1.71. The Morgan fingerprint density at radius 1 is 1.29 bits per heavy atom. The van der Waals surface area contributed by atoms with E-state index in [2.05, 4.69) is 34.2 Å². The third kappa shape index (κ3) is 2.23. The van der Waals surface area contributed by atoms with Crippen molar-refractivity contribution in [2.45, 2.75) is 39.3 Å². The van der Waals surface area contributed by atoms with Gasteiger partial charge in [0.15, 0.2) is 0 Å². The second-order valence-electron chi connectivity index (χ2n) is 5.79. The van der Waals surface area contributed by atoms with E-state index in [0.29, 0.717) is 6.04 Å². The molecule has 108 valence electrons. The van der Waals surface area contributed by atoms with Crippen molar-refractivity contribution in [2.24, 2.45) is 0 Å². The highest BCUT2D eigenvalue weighted by Gasteiger charge is 2.22. The Morgan fingerprint density at radius 3 is 2.86 bits per heavy atom. The van der Waals surface area contributed by atoms with Crippen LogP contribution in [-0.2, 0) is 6.54 Å². The van der Waals surface area contributed by atoms with Crippen LogP contribution in [0.25, 0.3) is 17.0 Å². The molecule has 0 spiro atoms. The Hall–Kier alpha value is -2.14. The molecule has 1 aromatic carbocycles. The van der Waals surface area contributed by atoms with E-state index in [-0.39, 0.29) is 0 Å². The molecule has 0 aliphatic heterocycles. The van der Waals surface area contributed by atoms with Gasteiger partial charge in [0.25, 0.3) is 0 Å². The van der Waals surface area contributed by atoms with Crippen LogP contribution >= 0.6 is 0 Å². The number of fused-ring (bicyclic) bond motifs is 1. The topological polar surface area (TPSA) is 58.5 Å². The largest absolute Gasteiger partial charge is 0.322 e. The third-order valence-corrected chi connectivity index (χ3v) is 4.16. The molecule has 2 aromatic heterocycles. The Bertz CT molecular complexity index is 761. The molecule has 1 fully saturated rings. The lowest BCUT2D eigenvalue weighted by Crippen LogP contribution is -2.16. The lowest BCUT2D eigenvalue weighted by molar-refractivity contribution is 0.681. The molecule has 1 aliphatic rings. The van der Waals surface area contributed by atoms with E-state index in [9.17, 15) is 0 Å². The van der Waals surface area contributed by atoms with Crippen molar-refractivity contribution in [3.05, 3.63) is 41.2 Å². The zero-order valence-corrected chi connectivity index (χ0v) is 12.3. The van der Waals surface area contributed by atoms with Gasteiger partial charge in [0.1, 0.15) is 0 Å². The van der Waals surface area contributed by atoms with Crippen molar-refractivity contribution in [3.63, 3.8) is 0 Å². The molecule has 0 radical (unpaired) electrons. The number of benzene rings is 1. The first-order valence-electron chi connectivity index (χ1n) is 7.46. The molecule has 1 aliphatic carbocycles. The quantitative estimate of drug-likeness (QED) is 0.773. The maximum absolute atomic E-state index is 4.66. The minimum absolute atomic E-state index is 0.707. The second-order valence-corrected chi connectivity index (χ2v) is 5.79. The third-order valence-electron chi connectivity index (χ3n) is 4.16. The van der Waals surface area contributed by atoms with Gasteiger partial charge >= 0.3 is 0 Å². The van der Waals surface area contributed by atoms with E-state index in [1.165, 1.54) is 18.4 Å². The molecule has 0 atom stereocenters. The van der Waals surface area contributed by atoms with Crippen LogP contribution in [0.4, 0.5) is 0 Å². The number of hydrogen-bond donors (Lipinski definition) is 2. The first kappa shape index (κ1) is 12.6. The molecule has 0 bridgehead atoms. The van der Waals surface area contributed by atoms with Gasteiger partial charge in [-0.1, -0.05) is 12.1 Å². The summed E-state index contributed by atoms with van der Waals surface area (Å²) < 4.78 is 1.92. The van der Waals surface area contributed by atoms with Gasteiger partial charge in [-0.3, -0.25) is 0 Å². The van der Waals surface area contributed by atoms with Gasteiger partial charge in [-0.25, -0.2) is 9.67 Å². The SMILES string of the molecule is Cc1nn(-c2nc3ccccc3[nH]2)c(C)c1CNC1CC1. The summed E-state index contributed by atoms with van der Waals surface area (Å²) in [4.78, 5) is 7.97. The zero-order valence-electron chi connectivity index (χ0n) is 12.3. The van der Waals surface area contributed by atoms with Crippen molar-refractivity contribution in [2.75, 3.05) is 0 Å². The summed E-state index contributed by atoms with van der Waals surface area (Å²) in [6.45, 7) is 5.07. The number of imidazole rings is 1. The van der Waals surface area contributed by atoms with Crippen LogP contribution in [0, 0.1) is 13.8 Å². The van der Waals surface area contributed by atoms with Gasteiger partial charge in [-0.2, -0.15) is 5.10 Å². The lowest BCUT2D eigenvalue weighted by atomic mass is 10.2. The van der Waals surface area contributed by atoms with E-state index < -0.39 is 0 Å². The average molecular weight is 281 g/mol. The lowest BCUT2D eigenvalue weighted by Gasteiger charge is -2.04. The smallest absolute Gasteiger partial charge is 0.229 e. The summed E-state index contributed by atoms with van der Waals surface area (Å²) in [5.41, 5.74) is 5.51. The van der Waals surface area contributed by atoms with Gasteiger partial charge in [0.05, 0.1) is 16.7 Å². The predicted molar refractivity (Wildman–Crippen MR) is 82.6 cm³/mol. The molecule has 2 N–H and O–H groups in total. The number of rotatable bonds is 4. The summed E-state index contributed by atoms with van der Waals surface area (Å²) in [6, 6.07) is 8.76. The average Bonchev–Trinajstić information content (AvgIpc) is 3.13. The van der Waals surface area contributed by atoms with E-state index in [4.69, 9.17) is 0 Å². The maximum atomic E-state index is 4.66. The number of hydrogen-bond acceptors (Lipinski definition) is 3. The highest BCUT2D eigenvalue weighted by molar-refractivity contribution is 5.75. The van der Waals surface area contributed by atoms with Crippen molar-refractivity contribution in [3.8, 4) is 5.95 Å². The number of aromatic amines is 1. The van der Waals surface area contributed by atoms with Gasteiger partial charge in [-0.15, -0.1) is 0 Å². The number of nitrogens with zero attached hydrogens (tertiary/aromatic N) is 3. The normalized spacial score (nSPS) is 15.0. The van der Waals surface area contributed by atoms with Crippen LogP contribution in [0.3, 0.4) is 0 Å². The standard InChI is InChI=1S/C16H19N5/c1-10-13(9-17-12-7-8-12)11(2)21(20-10)16-18-14-5-3-4-6-15(14)19-16/h3-6,12,17H,7-9H2,1-2H3,(H,18,19). The highest BCUT2D eigenvalue weighted by Crippen LogP contribution is 2.22. The molecule has 3 aromatic rings. The first-order valence-corrected chi connectivity index (χ1v) is 7.46. The van der Waals surface area contributed by atoms with E-state index in [0.717, 1.165) is 34.9 Å². The van der Waals surface area contributed by atoms with Crippen molar-refractivity contribution >= 4 is 11.0 Å². The minimum atomic E-state index is 0.707. The molecule has 5 heteroatoms. The van der Waals surface area contributed by atoms with E-state index in [1.807, 2.05) is 28.9 Å². The maximum Gasteiger partial charge on any atom is 0.229 e. The summed E-state index contributed by atoms with van der Waals surface area (Å²) in [5.74, 6) is 0.787. The Labute approximate surface area is 123 Å². The second kappa shape index (κ2) is 4.70. The number of para-hydroxylation sites is 2. The molecular weight excluding hydrogens is 262 g/mol. The number of nitrogens with one attached hydrogen (secondary N) is 2. The fourth-order valence-electron chi connectivity index (χ4n) is 2.71. The van der Waals surface area contributed by atoms with Crippen LogP contribution < -0.4 is 5.32 Å². The van der Waals surface area contributed by atoms with Crippen molar-refractivity contribution in [1.82, 2.24) is 25.1 Å². The molecule has 5 nitrogen and oxygen atoms in total. The molecule has 0 amide bonds. The highest BCUT2D eigenvalue weighted by atomic mass is 15.4. The number of aryl methyl sites for hydroxylation is 1. The zero-order chi connectivity index (χ0) is 14.4. The fraction of sp³-hybridized carbons (Fsp3) is 0.375. The summed E-state index contributed by atoms with van der Waals surface area (Å²) >= 11 is 0. The van der Waals surface area contributed by atoms with Crippen LogP contribution in [0.2, 0.25) is 0 Å². The van der Waals surface area contributed by atoms with E-state index >= 15 is 0 Å².